The van der Waals surface area contributed by atoms with Gasteiger partial charge in [-0.1, -0.05) is 176 Å². The summed E-state index contributed by atoms with van der Waals surface area (Å²) in [4.78, 5) is 2.36. The van der Waals surface area contributed by atoms with Gasteiger partial charge in [-0.2, -0.15) is 0 Å². The van der Waals surface area contributed by atoms with Crippen molar-refractivity contribution < 1.29 is 4.42 Å². The normalized spacial score (nSPS) is 11.8. The van der Waals surface area contributed by atoms with Crippen LogP contribution < -0.4 is 4.90 Å². The number of furan rings is 1. The minimum Gasteiger partial charge on any atom is -0.456 e. The average Bonchev–Trinajstić information content (AvgIpc) is 3.97. The number of aromatic nitrogens is 1. The van der Waals surface area contributed by atoms with E-state index >= 15 is 0 Å². The fourth-order valence-corrected chi connectivity index (χ4v) is 10.7. The maximum absolute atomic E-state index is 6.16. The average molecular weight is 879 g/mol. The second-order valence-electron chi connectivity index (χ2n) is 18.1. The van der Waals surface area contributed by atoms with Gasteiger partial charge in [-0.25, -0.2) is 0 Å². The van der Waals surface area contributed by atoms with Crippen molar-refractivity contribution in [2.75, 3.05) is 4.90 Å². The van der Waals surface area contributed by atoms with Gasteiger partial charge < -0.3 is 13.9 Å². The number of rotatable bonds is 7. The molecule has 2 aromatic heterocycles. The molecule has 0 unspecified atom stereocenters. The summed E-state index contributed by atoms with van der Waals surface area (Å²) in [6.45, 7) is 0. The molecule has 14 rings (SSSR count). The van der Waals surface area contributed by atoms with E-state index in [1.54, 1.807) is 0 Å². The van der Waals surface area contributed by atoms with Gasteiger partial charge in [0.05, 0.1) is 11.0 Å². The van der Waals surface area contributed by atoms with Gasteiger partial charge >= 0.3 is 0 Å². The summed E-state index contributed by atoms with van der Waals surface area (Å²) in [6.07, 6.45) is 0. The molecule has 0 aliphatic heterocycles. The molecule has 0 fully saturated rings. The van der Waals surface area contributed by atoms with Crippen LogP contribution in [0.3, 0.4) is 0 Å². The standard InChI is InChI=1S/C66H42N2O/c1-2-12-52(13-3-1)68-63-42-51(29-37-58(63)60-38-28-47-11-5-7-15-57(47)66(60)68)45-26-35-55(36-27-45)67(54-33-24-44(25-34-54)50-30-39-65-62(41-50)59-16-8-9-17-64(59)69-65)53-31-22-43(23-32-53)49-21-20-48-19-18-46-10-4-6-14-56(46)61(48)40-49/h1-42H. The Kier molecular flexibility index (Phi) is 8.90. The molecule has 2 heterocycles. The highest BCUT2D eigenvalue weighted by molar-refractivity contribution is 6.19. The summed E-state index contributed by atoms with van der Waals surface area (Å²) in [5.74, 6) is 0. The van der Waals surface area contributed by atoms with Crippen LogP contribution in [0.5, 0.6) is 0 Å². The molecule has 0 spiro atoms. The van der Waals surface area contributed by atoms with Crippen molar-refractivity contribution in [3.05, 3.63) is 255 Å². The molecule has 0 amide bonds. The molecule has 3 nitrogen and oxygen atoms in total. The Morgan fingerprint density at radius 1 is 0.275 bits per heavy atom. The van der Waals surface area contributed by atoms with Gasteiger partial charge in [0, 0.05) is 49.7 Å². The third-order valence-electron chi connectivity index (χ3n) is 14.2. The lowest BCUT2D eigenvalue weighted by Gasteiger charge is -2.26. The van der Waals surface area contributed by atoms with Crippen LogP contribution >= 0.6 is 0 Å². The van der Waals surface area contributed by atoms with E-state index < -0.39 is 0 Å². The summed E-state index contributed by atoms with van der Waals surface area (Å²) < 4.78 is 8.60. The first-order valence-electron chi connectivity index (χ1n) is 23.6. The van der Waals surface area contributed by atoms with Crippen molar-refractivity contribution in [3.63, 3.8) is 0 Å². The van der Waals surface area contributed by atoms with E-state index in [-0.39, 0.29) is 0 Å². The lowest BCUT2D eigenvalue weighted by atomic mass is 9.97. The van der Waals surface area contributed by atoms with Crippen LogP contribution in [0.4, 0.5) is 17.1 Å². The molecule has 322 valence electrons. The molecule has 0 N–H and O–H groups in total. The van der Waals surface area contributed by atoms with Crippen LogP contribution in [0, 0.1) is 0 Å². The summed E-state index contributed by atoms with van der Waals surface area (Å²) in [6, 6.07) is 92.6. The van der Waals surface area contributed by atoms with Gasteiger partial charge in [0.15, 0.2) is 0 Å². The van der Waals surface area contributed by atoms with Gasteiger partial charge in [0.1, 0.15) is 11.2 Å². The molecule has 0 aliphatic carbocycles. The maximum atomic E-state index is 6.16. The van der Waals surface area contributed by atoms with E-state index in [4.69, 9.17) is 4.42 Å². The zero-order valence-corrected chi connectivity index (χ0v) is 37.6. The van der Waals surface area contributed by atoms with Crippen LogP contribution in [0.2, 0.25) is 0 Å². The van der Waals surface area contributed by atoms with Crippen molar-refractivity contribution >= 4 is 93.1 Å². The van der Waals surface area contributed by atoms with E-state index in [1.807, 2.05) is 12.1 Å². The van der Waals surface area contributed by atoms with Crippen molar-refractivity contribution in [3.8, 4) is 39.1 Å². The zero-order valence-electron chi connectivity index (χ0n) is 37.6. The first-order chi connectivity index (χ1) is 34.2. The third-order valence-corrected chi connectivity index (χ3v) is 14.2. The summed E-state index contributed by atoms with van der Waals surface area (Å²) in [5.41, 5.74) is 15.6. The monoisotopic (exact) mass is 878 g/mol. The molecule has 0 bridgehead atoms. The molecule has 3 heteroatoms. The van der Waals surface area contributed by atoms with Gasteiger partial charge in [-0.3, -0.25) is 0 Å². The summed E-state index contributed by atoms with van der Waals surface area (Å²) in [5, 5.41) is 12.3. The predicted octanol–water partition coefficient (Wildman–Crippen LogP) is 18.6. The van der Waals surface area contributed by atoms with Gasteiger partial charge in [0.25, 0.3) is 0 Å². The Morgan fingerprint density at radius 2 is 0.725 bits per heavy atom. The highest BCUT2D eigenvalue weighted by Crippen LogP contribution is 2.42. The highest BCUT2D eigenvalue weighted by Gasteiger charge is 2.18. The van der Waals surface area contributed by atoms with Crippen LogP contribution in [-0.2, 0) is 0 Å². The highest BCUT2D eigenvalue weighted by atomic mass is 16.3. The number of fused-ring (bicyclic) bond motifs is 11. The van der Waals surface area contributed by atoms with Crippen LogP contribution in [-0.4, -0.2) is 4.57 Å². The first kappa shape index (κ1) is 39.0. The Labute approximate surface area is 399 Å². The molecule has 12 aromatic carbocycles. The minimum atomic E-state index is 0.902. The molecule has 0 saturated heterocycles. The van der Waals surface area contributed by atoms with Crippen molar-refractivity contribution in [2.45, 2.75) is 0 Å². The third kappa shape index (κ3) is 6.51. The van der Waals surface area contributed by atoms with Gasteiger partial charge in [0.2, 0.25) is 0 Å². The number of hydrogen-bond acceptors (Lipinski definition) is 2. The van der Waals surface area contributed by atoms with E-state index in [0.29, 0.717) is 0 Å². The van der Waals surface area contributed by atoms with Crippen molar-refractivity contribution in [1.29, 1.82) is 0 Å². The molecule has 0 radical (unpaired) electrons. The Morgan fingerprint density at radius 3 is 1.41 bits per heavy atom. The number of hydrogen-bond donors (Lipinski definition) is 0. The van der Waals surface area contributed by atoms with Crippen LogP contribution in [0.1, 0.15) is 0 Å². The zero-order chi connectivity index (χ0) is 45.4. The van der Waals surface area contributed by atoms with Gasteiger partial charge in [-0.05, 0) is 139 Å². The smallest absolute Gasteiger partial charge is 0.135 e. The predicted molar refractivity (Wildman–Crippen MR) is 292 cm³/mol. The van der Waals surface area contributed by atoms with E-state index in [2.05, 4.69) is 252 Å². The van der Waals surface area contributed by atoms with Crippen LogP contribution in [0.15, 0.2) is 259 Å². The molecule has 0 saturated carbocycles. The number of benzene rings is 12. The summed E-state index contributed by atoms with van der Waals surface area (Å²) in [7, 11) is 0. The Bertz CT molecular complexity index is 4280. The Hall–Kier alpha value is -9.18. The topological polar surface area (TPSA) is 21.3 Å². The second kappa shape index (κ2) is 15.7. The van der Waals surface area contributed by atoms with Crippen LogP contribution in [0.25, 0.3) is 115 Å². The fourth-order valence-electron chi connectivity index (χ4n) is 10.7. The quantitative estimate of drug-likeness (QED) is 0.149. The number of para-hydroxylation sites is 2. The SMILES string of the molecule is c1ccc(-n2c3cc(-c4ccc(N(c5ccc(-c6ccc7ccc8ccccc8c7c6)cc5)c5ccc(-c6ccc7oc8ccccc8c7c6)cc5)cc4)ccc3c3ccc4ccccc4c32)cc1. The molecule has 69 heavy (non-hydrogen) atoms. The maximum Gasteiger partial charge on any atom is 0.135 e. The van der Waals surface area contributed by atoms with E-state index in [9.17, 15) is 0 Å². The lowest BCUT2D eigenvalue weighted by molar-refractivity contribution is 0.669. The lowest BCUT2D eigenvalue weighted by Crippen LogP contribution is -2.09. The van der Waals surface area contributed by atoms with Crippen molar-refractivity contribution in [1.82, 2.24) is 4.57 Å². The second-order valence-corrected chi connectivity index (χ2v) is 18.1. The largest absolute Gasteiger partial charge is 0.456 e. The molecule has 14 aromatic rings. The van der Waals surface area contributed by atoms with E-state index in [0.717, 1.165) is 61.4 Å². The van der Waals surface area contributed by atoms with Gasteiger partial charge in [-0.15, -0.1) is 0 Å². The molecule has 0 atom stereocenters. The number of nitrogens with zero attached hydrogens (tertiary/aromatic N) is 2. The molecule has 0 aliphatic rings. The first-order valence-corrected chi connectivity index (χ1v) is 23.6. The fraction of sp³-hybridized carbons (Fsp3) is 0. The van der Waals surface area contributed by atoms with Crippen molar-refractivity contribution in [2.24, 2.45) is 0 Å². The minimum absolute atomic E-state index is 0.902. The Balaban J connectivity index is 0.861. The molecular formula is C66H42N2O. The molecular weight excluding hydrogens is 837 g/mol. The van der Waals surface area contributed by atoms with E-state index in [1.165, 1.54) is 70.8 Å². The summed E-state index contributed by atoms with van der Waals surface area (Å²) >= 11 is 0. The number of anilines is 3.